The standard InChI is InChI=1S/C25H28N2O5S/c1-4-32-21-12-10-20(11-13-21)26-25(28)23(17-19-8-6-5-7-9-19)27-33(29,30)22-14-15-24(31-3)18(2)16-22/h5-16,23,27H,4,17H2,1-3H3,(H,26,28). The second-order valence-corrected chi connectivity index (χ2v) is 9.16. The number of aryl methyl sites for hydroxylation is 1. The second kappa shape index (κ2) is 11.0. The van der Waals surface area contributed by atoms with Gasteiger partial charge in [-0.3, -0.25) is 4.79 Å². The van der Waals surface area contributed by atoms with E-state index in [1.807, 2.05) is 37.3 Å². The summed E-state index contributed by atoms with van der Waals surface area (Å²) in [6.07, 6.45) is 0.193. The first-order valence-corrected chi connectivity index (χ1v) is 12.1. The number of hydrogen-bond donors (Lipinski definition) is 2. The molecule has 33 heavy (non-hydrogen) atoms. The number of sulfonamides is 1. The van der Waals surface area contributed by atoms with Crippen molar-refractivity contribution >= 4 is 21.6 Å². The third-order valence-electron chi connectivity index (χ3n) is 5.01. The third-order valence-corrected chi connectivity index (χ3v) is 6.48. The van der Waals surface area contributed by atoms with Crippen LogP contribution in [0.4, 0.5) is 5.69 Å². The van der Waals surface area contributed by atoms with Crippen LogP contribution >= 0.6 is 0 Å². The Bertz CT molecular complexity index is 1180. The average Bonchev–Trinajstić information content (AvgIpc) is 2.80. The van der Waals surface area contributed by atoms with Crippen LogP contribution in [0.2, 0.25) is 0 Å². The number of benzene rings is 3. The summed E-state index contributed by atoms with van der Waals surface area (Å²) >= 11 is 0. The zero-order valence-electron chi connectivity index (χ0n) is 18.9. The Morgan fingerprint density at radius 2 is 1.70 bits per heavy atom. The number of hydrogen-bond acceptors (Lipinski definition) is 5. The summed E-state index contributed by atoms with van der Waals surface area (Å²) in [5, 5.41) is 2.79. The highest BCUT2D eigenvalue weighted by Crippen LogP contribution is 2.22. The second-order valence-electron chi connectivity index (χ2n) is 7.44. The van der Waals surface area contributed by atoms with Gasteiger partial charge in [0.25, 0.3) is 0 Å². The molecule has 0 saturated heterocycles. The molecule has 1 amide bonds. The normalized spacial score (nSPS) is 12.1. The predicted molar refractivity (Wildman–Crippen MR) is 128 cm³/mol. The molecular formula is C25H28N2O5S. The lowest BCUT2D eigenvalue weighted by molar-refractivity contribution is -0.117. The van der Waals surface area contributed by atoms with Gasteiger partial charge in [-0.25, -0.2) is 8.42 Å². The molecule has 0 heterocycles. The molecule has 3 aromatic carbocycles. The van der Waals surface area contributed by atoms with Gasteiger partial charge in [-0.2, -0.15) is 4.72 Å². The highest BCUT2D eigenvalue weighted by molar-refractivity contribution is 7.89. The fraction of sp³-hybridized carbons (Fsp3) is 0.240. The fourth-order valence-corrected chi connectivity index (χ4v) is 4.62. The molecule has 0 bridgehead atoms. The van der Waals surface area contributed by atoms with Crippen LogP contribution in [0.15, 0.2) is 77.7 Å². The highest BCUT2D eigenvalue weighted by atomic mass is 32.2. The summed E-state index contributed by atoms with van der Waals surface area (Å²) in [6.45, 7) is 4.19. The van der Waals surface area contributed by atoms with E-state index in [0.29, 0.717) is 29.4 Å². The number of rotatable bonds is 10. The molecule has 8 heteroatoms. The SMILES string of the molecule is CCOc1ccc(NC(=O)C(Cc2ccccc2)NS(=O)(=O)c2ccc(OC)c(C)c2)cc1. The molecule has 0 aliphatic heterocycles. The maximum absolute atomic E-state index is 13.1. The van der Waals surface area contributed by atoms with Gasteiger partial charge in [-0.15, -0.1) is 0 Å². The van der Waals surface area contributed by atoms with Crippen molar-refractivity contribution < 1.29 is 22.7 Å². The molecule has 3 rings (SSSR count). The Balaban J connectivity index is 1.84. The number of carbonyl (C=O) groups is 1. The smallest absolute Gasteiger partial charge is 0.242 e. The quantitative estimate of drug-likeness (QED) is 0.470. The molecule has 0 saturated carbocycles. The lowest BCUT2D eigenvalue weighted by atomic mass is 10.1. The zero-order chi connectivity index (χ0) is 23.8. The van der Waals surface area contributed by atoms with E-state index < -0.39 is 22.0 Å². The van der Waals surface area contributed by atoms with Gasteiger partial charge in [0.2, 0.25) is 15.9 Å². The van der Waals surface area contributed by atoms with E-state index in [0.717, 1.165) is 5.56 Å². The Morgan fingerprint density at radius 1 is 1.00 bits per heavy atom. The highest BCUT2D eigenvalue weighted by Gasteiger charge is 2.26. The van der Waals surface area contributed by atoms with Gasteiger partial charge in [-0.05, 0) is 73.9 Å². The third kappa shape index (κ3) is 6.57. The molecule has 0 aliphatic carbocycles. The minimum atomic E-state index is -3.96. The van der Waals surface area contributed by atoms with E-state index in [2.05, 4.69) is 10.0 Å². The van der Waals surface area contributed by atoms with E-state index in [9.17, 15) is 13.2 Å². The number of carbonyl (C=O) groups excluding carboxylic acids is 1. The molecule has 2 N–H and O–H groups in total. The van der Waals surface area contributed by atoms with Gasteiger partial charge in [0, 0.05) is 5.69 Å². The molecule has 0 aliphatic rings. The average molecular weight is 469 g/mol. The minimum Gasteiger partial charge on any atom is -0.496 e. The molecule has 174 valence electrons. The topological polar surface area (TPSA) is 93.7 Å². The summed E-state index contributed by atoms with van der Waals surface area (Å²) < 4.78 is 39.4. The first-order valence-electron chi connectivity index (χ1n) is 10.6. The first-order chi connectivity index (χ1) is 15.8. The maximum atomic E-state index is 13.1. The van der Waals surface area contributed by atoms with Crippen LogP contribution in [-0.4, -0.2) is 34.1 Å². The van der Waals surface area contributed by atoms with Crippen LogP contribution in [0.25, 0.3) is 0 Å². The molecule has 0 fully saturated rings. The van der Waals surface area contributed by atoms with Gasteiger partial charge < -0.3 is 14.8 Å². The summed E-state index contributed by atoms with van der Waals surface area (Å²) in [5.74, 6) is 0.812. The largest absolute Gasteiger partial charge is 0.496 e. The van der Waals surface area contributed by atoms with E-state index in [1.54, 1.807) is 37.3 Å². The van der Waals surface area contributed by atoms with Crippen molar-refractivity contribution in [3.63, 3.8) is 0 Å². The number of anilines is 1. The Hall–Kier alpha value is -3.36. The van der Waals surface area contributed by atoms with Crippen molar-refractivity contribution in [3.05, 3.63) is 83.9 Å². The molecule has 1 atom stereocenters. The summed E-state index contributed by atoms with van der Waals surface area (Å²) in [5.41, 5.74) is 2.05. The summed E-state index contributed by atoms with van der Waals surface area (Å²) in [6, 6.07) is 19.7. The fourth-order valence-electron chi connectivity index (χ4n) is 3.34. The minimum absolute atomic E-state index is 0.0627. The van der Waals surface area contributed by atoms with E-state index >= 15 is 0 Å². The molecule has 0 radical (unpaired) electrons. The van der Waals surface area contributed by atoms with Crippen LogP contribution in [0, 0.1) is 6.92 Å². The molecule has 3 aromatic rings. The van der Waals surface area contributed by atoms with Crippen molar-refractivity contribution in [2.75, 3.05) is 19.0 Å². The van der Waals surface area contributed by atoms with Crippen molar-refractivity contribution in [2.24, 2.45) is 0 Å². The van der Waals surface area contributed by atoms with Crippen LogP contribution in [0.1, 0.15) is 18.1 Å². The molecule has 0 aromatic heterocycles. The van der Waals surface area contributed by atoms with E-state index in [-0.39, 0.29) is 11.3 Å². The molecule has 1 unspecified atom stereocenters. The number of nitrogens with one attached hydrogen (secondary N) is 2. The van der Waals surface area contributed by atoms with Gasteiger partial charge in [-0.1, -0.05) is 30.3 Å². The first kappa shape index (κ1) is 24.3. The molecular weight excluding hydrogens is 440 g/mol. The predicted octanol–water partition coefficient (Wildman–Crippen LogP) is 3.93. The van der Waals surface area contributed by atoms with Crippen molar-refractivity contribution in [1.82, 2.24) is 4.72 Å². The Labute approximate surface area is 194 Å². The summed E-state index contributed by atoms with van der Waals surface area (Å²) in [4.78, 5) is 13.2. The van der Waals surface area contributed by atoms with Gasteiger partial charge in [0.1, 0.15) is 17.5 Å². The number of amides is 1. The number of methoxy groups -OCH3 is 1. The lowest BCUT2D eigenvalue weighted by Gasteiger charge is -2.19. The van der Waals surface area contributed by atoms with Gasteiger partial charge in [0.05, 0.1) is 18.6 Å². The van der Waals surface area contributed by atoms with E-state index in [4.69, 9.17) is 9.47 Å². The van der Waals surface area contributed by atoms with Crippen LogP contribution in [-0.2, 0) is 21.2 Å². The van der Waals surface area contributed by atoms with Crippen molar-refractivity contribution in [2.45, 2.75) is 31.2 Å². The molecule has 7 nitrogen and oxygen atoms in total. The van der Waals surface area contributed by atoms with Crippen molar-refractivity contribution in [1.29, 1.82) is 0 Å². The Morgan fingerprint density at radius 3 is 2.30 bits per heavy atom. The Kier molecular flexibility index (Phi) is 8.08. The maximum Gasteiger partial charge on any atom is 0.242 e. The summed E-state index contributed by atoms with van der Waals surface area (Å²) in [7, 11) is -2.44. The van der Waals surface area contributed by atoms with Gasteiger partial charge >= 0.3 is 0 Å². The van der Waals surface area contributed by atoms with Crippen LogP contribution in [0.5, 0.6) is 11.5 Å². The zero-order valence-corrected chi connectivity index (χ0v) is 19.7. The van der Waals surface area contributed by atoms with Crippen LogP contribution < -0.4 is 19.5 Å². The lowest BCUT2D eigenvalue weighted by Crippen LogP contribution is -2.45. The van der Waals surface area contributed by atoms with Crippen LogP contribution in [0.3, 0.4) is 0 Å². The van der Waals surface area contributed by atoms with Gasteiger partial charge in [0.15, 0.2) is 0 Å². The molecule has 0 spiro atoms. The number of ether oxygens (including phenoxy) is 2. The van der Waals surface area contributed by atoms with E-state index in [1.165, 1.54) is 19.2 Å². The van der Waals surface area contributed by atoms with Crippen molar-refractivity contribution in [3.8, 4) is 11.5 Å². The monoisotopic (exact) mass is 468 g/mol.